The molecule has 0 saturated carbocycles. The molecule has 1 aliphatic rings. The van der Waals surface area contributed by atoms with Crippen LogP contribution in [0.3, 0.4) is 0 Å². The van der Waals surface area contributed by atoms with Gasteiger partial charge in [-0.25, -0.2) is 0 Å². The Labute approximate surface area is 93.4 Å². The van der Waals surface area contributed by atoms with Crippen LogP contribution in [0, 0.1) is 0 Å². The van der Waals surface area contributed by atoms with E-state index in [4.69, 9.17) is 0 Å². The van der Waals surface area contributed by atoms with Gasteiger partial charge in [-0.1, -0.05) is 48.1 Å². The molecule has 0 bridgehead atoms. The Kier molecular flexibility index (Phi) is 4.36. The van der Waals surface area contributed by atoms with Gasteiger partial charge in [-0.3, -0.25) is 0 Å². The molecule has 1 aliphatic carbocycles. The van der Waals surface area contributed by atoms with E-state index in [9.17, 15) is 0 Å². The lowest BCUT2D eigenvalue weighted by molar-refractivity contribution is 0.920. The molecule has 80 valence electrons. The van der Waals surface area contributed by atoms with Gasteiger partial charge < -0.3 is 0 Å². The Hall–Kier alpha value is -1.30. The number of rotatable bonds is 2. The summed E-state index contributed by atoms with van der Waals surface area (Å²) in [6, 6.07) is 0. The SMILES string of the molecule is C=CC1=C(\C(C)=C/C)CC\C(C)=C/C=C\1. The molecule has 0 atom stereocenters. The van der Waals surface area contributed by atoms with Crippen molar-refractivity contribution in [1.82, 2.24) is 0 Å². The van der Waals surface area contributed by atoms with E-state index in [0.717, 1.165) is 12.8 Å². The highest BCUT2D eigenvalue weighted by Gasteiger charge is 2.06. The van der Waals surface area contributed by atoms with E-state index >= 15 is 0 Å². The summed E-state index contributed by atoms with van der Waals surface area (Å²) in [6.07, 6.45) is 12.8. The zero-order valence-electron chi connectivity index (χ0n) is 10.0. The molecule has 0 amide bonds. The van der Waals surface area contributed by atoms with Gasteiger partial charge in [0.25, 0.3) is 0 Å². The van der Waals surface area contributed by atoms with Crippen LogP contribution in [-0.2, 0) is 0 Å². The molecule has 0 aromatic rings. The lowest BCUT2D eigenvalue weighted by atomic mass is 9.92. The van der Waals surface area contributed by atoms with Crippen LogP contribution in [0.1, 0.15) is 33.6 Å². The minimum atomic E-state index is 1.12. The van der Waals surface area contributed by atoms with Crippen LogP contribution in [0.5, 0.6) is 0 Å². The lowest BCUT2D eigenvalue weighted by Gasteiger charge is -2.13. The molecule has 0 aromatic carbocycles. The highest BCUT2D eigenvalue weighted by Crippen LogP contribution is 2.25. The summed E-state index contributed by atoms with van der Waals surface area (Å²) in [4.78, 5) is 0. The molecule has 0 aliphatic heterocycles. The minimum absolute atomic E-state index is 1.12. The molecule has 0 nitrogen and oxygen atoms in total. The van der Waals surface area contributed by atoms with Crippen LogP contribution in [0.4, 0.5) is 0 Å². The summed E-state index contributed by atoms with van der Waals surface area (Å²) >= 11 is 0. The van der Waals surface area contributed by atoms with Gasteiger partial charge in [0.1, 0.15) is 0 Å². The van der Waals surface area contributed by atoms with Gasteiger partial charge in [-0.05, 0) is 44.8 Å². The van der Waals surface area contributed by atoms with Crippen molar-refractivity contribution >= 4 is 0 Å². The predicted octanol–water partition coefficient (Wildman–Crippen LogP) is 4.73. The van der Waals surface area contributed by atoms with Gasteiger partial charge in [0, 0.05) is 0 Å². The fourth-order valence-corrected chi connectivity index (χ4v) is 1.76. The maximum absolute atomic E-state index is 3.89. The van der Waals surface area contributed by atoms with Crippen molar-refractivity contribution in [3.05, 3.63) is 59.3 Å². The van der Waals surface area contributed by atoms with Crippen LogP contribution in [0.2, 0.25) is 0 Å². The Bertz CT molecular complexity index is 359. The topological polar surface area (TPSA) is 0 Å². The molecule has 0 spiro atoms. The molecule has 0 fully saturated rings. The van der Waals surface area contributed by atoms with E-state index < -0.39 is 0 Å². The maximum atomic E-state index is 3.89. The number of hydrogen-bond acceptors (Lipinski definition) is 0. The smallest absolute Gasteiger partial charge is 0.0228 e. The fourth-order valence-electron chi connectivity index (χ4n) is 1.76. The van der Waals surface area contributed by atoms with E-state index in [0.29, 0.717) is 0 Å². The fraction of sp³-hybridized carbons (Fsp3) is 0.333. The molecule has 0 heterocycles. The highest BCUT2D eigenvalue weighted by molar-refractivity contribution is 5.46. The summed E-state index contributed by atoms with van der Waals surface area (Å²) in [5.41, 5.74) is 5.49. The van der Waals surface area contributed by atoms with Crippen LogP contribution < -0.4 is 0 Å². The van der Waals surface area contributed by atoms with Crippen LogP contribution in [0.25, 0.3) is 0 Å². The second kappa shape index (κ2) is 5.55. The van der Waals surface area contributed by atoms with Crippen molar-refractivity contribution in [2.24, 2.45) is 0 Å². The van der Waals surface area contributed by atoms with E-state index in [1.807, 2.05) is 6.08 Å². The van der Waals surface area contributed by atoms with Gasteiger partial charge in [-0.15, -0.1) is 0 Å². The molecule has 0 N–H and O–H groups in total. The third kappa shape index (κ3) is 3.09. The highest BCUT2D eigenvalue weighted by atomic mass is 14.1. The average Bonchev–Trinajstić information content (AvgIpc) is 2.23. The molecular formula is C15H20. The summed E-state index contributed by atoms with van der Waals surface area (Å²) in [5, 5.41) is 0. The molecule has 15 heavy (non-hydrogen) atoms. The summed E-state index contributed by atoms with van der Waals surface area (Å²) < 4.78 is 0. The van der Waals surface area contributed by atoms with Crippen molar-refractivity contribution in [2.45, 2.75) is 33.6 Å². The standard InChI is InChI=1S/C15H20/c1-5-13(4)15-11-10-12(3)8-7-9-14(15)6-2/h5-9H,2,10-11H2,1,3-4H3/b9-7-,12-8-,13-5-,15-14+. The third-order valence-corrected chi connectivity index (χ3v) is 2.90. The van der Waals surface area contributed by atoms with Crippen molar-refractivity contribution < 1.29 is 0 Å². The van der Waals surface area contributed by atoms with E-state index in [2.05, 4.69) is 51.7 Å². The molecule has 1 rings (SSSR count). The monoisotopic (exact) mass is 200 g/mol. The summed E-state index contributed by atoms with van der Waals surface area (Å²) in [5.74, 6) is 0. The van der Waals surface area contributed by atoms with Gasteiger partial charge in [0.05, 0.1) is 0 Å². The Morgan fingerprint density at radius 3 is 2.73 bits per heavy atom. The minimum Gasteiger partial charge on any atom is -0.0985 e. The Balaban J connectivity index is 3.13. The first-order chi connectivity index (χ1) is 7.19. The van der Waals surface area contributed by atoms with Gasteiger partial charge in [-0.2, -0.15) is 0 Å². The van der Waals surface area contributed by atoms with E-state index in [-0.39, 0.29) is 0 Å². The third-order valence-electron chi connectivity index (χ3n) is 2.90. The van der Waals surface area contributed by atoms with Gasteiger partial charge >= 0.3 is 0 Å². The van der Waals surface area contributed by atoms with Crippen LogP contribution in [0.15, 0.2) is 59.3 Å². The number of allylic oxidation sites excluding steroid dienone is 9. The quantitative estimate of drug-likeness (QED) is 0.604. The summed E-state index contributed by atoms with van der Waals surface area (Å²) in [7, 11) is 0. The zero-order valence-corrected chi connectivity index (χ0v) is 10.0. The second-order valence-corrected chi connectivity index (χ2v) is 3.98. The average molecular weight is 200 g/mol. The molecular weight excluding hydrogens is 180 g/mol. The van der Waals surface area contributed by atoms with Gasteiger partial charge in [0.2, 0.25) is 0 Å². The lowest BCUT2D eigenvalue weighted by Crippen LogP contribution is -1.94. The van der Waals surface area contributed by atoms with Crippen molar-refractivity contribution in [3.8, 4) is 0 Å². The van der Waals surface area contributed by atoms with Crippen molar-refractivity contribution in [2.75, 3.05) is 0 Å². The normalized spacial score (nSPS) is 28.7. The van der Waals surface area contributed by atoms with E-state index in [1.165, 1.54) is 22.3 Å². The Morgan fingerprint density at radius 2 is 2.13 bits per heavy atom. The predicted molar refractivity (Wildman–Crippen MR) is 68.8 cm³/mol. The van der Waals surface area contributed by atoms with E-state index in [1.54, 1.807) is 0 Å². The molecule has 0 unspecified atom stereocenters. The molecule has 0 radical (unpaired) electrons. The molecule has 0 heteroatoms. The summed E-state index contributed by atoms with van der Waals surface area (Å²) in [6.45, 7) is 10.3. The molecule has 0 aromatic heterocycles. The zero-order chi connectivity index (χ0) is 11.3. The van der Waals surface area contributed by atoms with Crippen molar-refractivity contribution in [1.29, 1.82) is 0 Å². The number of hydrogen-bond donors (Lipinski definition) is 0. The van der Waals surface area contributed by atoms with Crippen LogP contribution >= 0.6 is 0 Å². The second-order valence-electron chi connectivity index (χ2n) is 3.98. The molecule has 0 saturated heterocycles. The first-order valence-corrected chi connectivity index (χ1v) is 5.51. The first kappa shape index (κ1) is 11.8. The largest absolute Gasteiger partial charge is 0.0985 e. The Morgan fingerprint density at radius 1 is 1.40 bits per heavy atom. The van der Waals surface area contributed by atoms with Gasteiger partial charge in [0.15, 0.2) is 0 Å². The van der Waals surface area contributed by atoms with Crippen LogP contribution in [-0.4, -0.2) is 0 Å². The van der Waals surface area contributed by atoms with Crippen molar-refractivity contribution in [3.63, 3.8) is 0 Å². The maximum Gasteiger partial charge on any atom is -0.0228 e. The first-order valence-electron chi connectivity index (χ1n) is 5.51.